The number of aryl methyl sites for hydroxylation is 1. The van der Waals surface area contributed by atoms with Crippen molar-refractivity contribution in [3.05, 3.63) is 70.9 Å². The average molecular weight is 787 g/mol. The van der Waals surface area contributed by atoms with Crippen LogP contribution in [0.1, 0.15) is 67.3 Å². The Hall–Kier alpha value is -2.91. The molecule has 294 valence electrons. The monoisotopic (exact) mass is 786 g/mol. The molecule has 9 nitrogen and oxygen atoms in total. The van der Waals surface area contributed by atoms with Crippen LogP contribution in [0.15, 0.2) is 53.4 Å². The van der Waals surface area contributed by atoms with E-state index in [2.05, 4.69) is 39.0 Å². The molecular weight excluding hydrogens is 734 g/mol. The van der Waals surface area contributed by atoms with Crippen molar-refractivity contribution in [1.29, 1.82) is 0 Å². The number of amides is 1. The Balaban J connectivity index is 1.04. The molecule has 0 bridgehead atoms. The Morgan fingerprint density at radius 1 is 0.889 bits per heavy atom. The first-order chi connectivity index (χ1) is 25.9. The molecule has 1 aromatic heterocycles. The number of carbonyl (C=O) groups excluding carboxylic acids is 1. The first-order valence-electron chi connectivity index (χ1n) is 19.6. The van der Waals surface area contributed by atoms with E-state index >= 15 is 0 Å². The maximum Gasteiger partial charge on any atom is 0.417 e. The molecule has 2 aromatic carbocycles. The van der Waals surface area contributed by atoms with Gasteiger partial charge in [0.2, 0.25) is 15.9 Å². The molecule has 14 heteroatoms. The van der Waals surface area contributed by atoms with Crippen LogP contribution in [0.4, 0.5) is 13.2 Å². The van der Waals surface area contributed by atoms with E-state index in [1.54, 1.807) is 6.07 Å². The van der Waals surface area contributed by atoms with Crippen LogP contribution in [0.25, 0.3) is 11.3 Å². The average Bonchev–Trinajstić information content (AvgIpc) is 3.74. The summed E-state index contributed by atoms with van der Waals surface area (Å²) in [5, 5.41) is 5.00. The van der Waals surface area contributed by atoms with Crippen molar-refractivity contribution in [1.82, 2.24) is 28.8 Å². The number of fused-ring (bicyclic) bond motifs is 1. The van der Waals surface area contributed by atoms with Gasteiger partial charge >= 0.3 is 6.18 Å². The van der Waals surface area contributed by atoms with E-state index in [0.717, 1.165) is 102 Å². The zero-order chi connectivity index (χ0) is 37.9. The highest BCUT2D eigenvalue weighted by molar-refractivity contribution is 7.99. The summed E-state index contributed by atoms with van der Waals surface area (Å²) < 4.78 is 71.7. The van der Waals surface area contributed by atoms with E-state index in [1.807, 2.05) is 10.7 Å². The summed E-state index contributed by atoms with van der Waals surface area (Å²) in [7, 11) is -3.48. The third kappa shape index (κ3) is 9.54. The first kappa shape index (κ1) is 39.3. The molecule has 5 heterocycles. The SMILES string of the molecule is CS(=O)(=O)N1CCc2c(c(-c3ccc(C(F)(F)F)c(SCCN4CCCC(Cc5ccccc5)C4)c3)nn2CCCN2CCC(N3CCCC3=O)CC2)C1. The predicted octanol–water partition coefficient (Wildman–Crippen LogP) is 6.41. The molecule has 4 aliphatic rings. The number of halogens is 3. The minimum atomic E-state index is -4.50. The van der Waals surface area contributed by atoms with Gasteiger partial charge in [0.1, 0.15) is 0 Å². The van der Waals surface area contributed by atoms with E-state index in [4.69, 9.17) is 5.10 Å². The number of carbonyl (C=O) groups is 1. The highest BCUT2D eigenvalue weighted by Crippen LogP contribution is 2.40. The number of piperidine rings is 2. The largest absolute Gasteiger partial charge is 0.417 e. The second-order valence-corrected chi connectivity index (χ2v) is 18.6. The van der Waals surface area contributed by atoms with Gasteiger partial charge in [0.05, 0.1) is 17.5 Å². The van der Waals surface area contributed by atoms with Crippen LogP contribution in [-0.2, 0) is 46.9 Å². The van der Waals surface area contributed by atoms with Crippen molar-refractivity contribution in [3.63, 3.8) is 0 Å². The predicted molar refractivity (Wildman–Crippen MR) is 207 cm³/mol. The lowest BCUT2D eigenvalue weighted by Crippen LogP contribution is -2.45. The number of nitrogens with zero attached hydrogens (tertiary/aromatic N) is 6. The molecule has 0 spiro atoms. The normalized spacial score (nSPS) is 21.2. The minimum Gasteiger partial charge on any atom is -0.340 e. The molecule has 1 unspecified atom stereocenters. The van der Waals surface area contributed by atoms with Gasteiger partial charge in [0.25, 0.3) is 0 Å². The van der Waals surface area contributed by atoms with Crippen LogP contribution in [-0.4, -0.2) is 114 Å². The second kappa shape index (κ2) is 17.1. The molecule has 3 saturated heterocycles. The molecule has 3 aromatic rings. The fourth-order valence-corrected chi connectivity index (χ4v) is 10.8. The zero-order valence-electron chi connectivity index (χ0n) is 31.3. The van der Waals surface area contributed by atoms with E-state index in [1.165, 1.54) is 34.0 Å². The first-order valence-corrected chi connectivity index (χ1v) is 22.4. The lowest BCUT2D eigenvalue weighted by Gasteiger charge is -2.36. The van der Waals surface area contributed by atoms with Crippen LogP contribution in [0.2, 0.25) is 0 Å². The van der Waals surface area contributed by atoms with Crippen molar-refractivity contribution in [2.75, 3.05) is 64.4 Å². The van der Waals surface area contributed by atoms with Crippen molar-refractivity contribution >= 4 is 27.7 Å². The summed E-state index contributed by atoms with van der Waals surface area (Å²) in [5.74, 6) is 1.35. The smallest absolute Gasteiger partial charge is 0.340 e. The van der Waals surface area contributed by atoms with Crippen LogP contribution in [0.5, 0.6) is 0 Å². The number of hydrogen-bond acceptors (Lipinski definition) is 7. The second-order valence-electron chi connectivity index (χ2n) is 15.5. The summed E-state index contributed by atoms with van der Waals surface area (Å²) >= 11 is 1.24. The standard InChI is InChI=1S/C40H53F3N6O3S2/c1-54(51,52)47-23-16-36-34(29-47)39(44-49(36)20-7-18-45-21-14-33(15-22-45)48-19-6-11-38(48)50)32-12-13-35(40(41,42)43)37(27-32)53-25-24-46-17-5-10-31(28-46)26-30-8-3-2-4-9-30/h2-4,8-9,12-13,27,31,33H,5-7,10-11,14-26,28-29H2,1H3. The van der Waals surface area contributed by atoms with Gasteiger partial charge in [-0.05, 0) is 81.6 Å². The van der Waals surface area contributed by atoms with Crippen molar-refractivity contribution < 1.29 is 26.4 Å². The van der Waals surface area contributed by atoms with E-state index in [0.29, 0.717) is 61.4 Å². The van der Waals surface area contributed by atoms with Crippen LogP contribution in [0.3, 0.4) is 0 Å². The molecule has 0 N–H and O–H groups in total. The van der Waals surface area contributed by atoms with Crippen molar-refractivity contribution in [2.24, 2.45) is 5.92 Å². The Morgan fingerprint density at radius 2 is 1.69 bits per heavy atom. The third-order valence-electron chi connectivity index (χ3n) is 11.7. The number of thioether (sulfide) groups is 1. The van der Waals surface area contributed by atoms with Gasteiger partial charge in [0.15, 0.2) is 0 Å². The fourth-order valence-electron chi connectivity index (χ4n) is 8.90. The molecule has 7 rings (SSSR count). The number of sulfonamides is 1. The van der Waals surface area contributed by atoms with Crippen LogP contribution >= 0.6 is 11.8 Å². The fraction of sp³-hybridized carbons (Fsp3) is 0.600. The van der Waals surface area contributed by atoms with Crippen LogP contribution in [0, 0.1) is 5.92 Å². The Kier molecular flexibility index (Phi) is 12.4. The van der Waals surface area contributed by atoms with E-state index in [-0.39, 0.29) is 17.3 Å². The maximum absolute atomic E-state index is 14.4. The molecule has 0 radical (unpaired) electrons. The summed E-state index contributed by atoms with van der Waals surface area (Å²) in [6.45, 7) is 7.37. The number of aromatic nitrogens is 2. The van der Waals surface area contributed by atoms with Gasteiger partial charge in [-0.1, -0.05) is 36.4 Å². The van der Waals surface area contributed by atoms with Crippen LogP contribution < -0.4 is 0 Å². The summed E-state index contributed by atoms with van der Waals surface area (Å²) in [6, 6.07) is 15.1. The molecule has 4 aliphatic heterocycles. The Bertz CT molecular complexity index is 1860. The number of likely N-dealkylation sites (tertiary alicyclic amines) is 3. The van der Waals surface area contributed by atoms with Crippen molar-refractivity contribution in [2.45, 2.75) is 88.0 Å². The quantitative estimate of drug-likeness (QED) is 0.186. The molecular formula is C40H53F3N6O3S2. The molecule has 54 heavy (non-hydrogen) atoms. The van der Waals surface area contributed by atoms with E-state index < -0.39 is 21.8 Å². The summed E-state index contributed by atoms with van der Waals surface area (Å²) in [6.07, 6.45) is 4.88. The van der Waals surface area contributed by atoms with Gasteiger partial charge < -0.3 is 14.7 Å². The minimum absolute atomic E-state index is 0.148. The lowest BCUT2D eigenvalue weighted by atomic mass is 9.91. The lowest BCUT2D eigenvalue weighted by molar-refractivity contribution is -0.139. The summed E-state index contributed by atoms with van der Waals surface area (Å²) in [5.41, 5.74) is 3.54. The number of rotatable bonds is 13. The van der Waals surface area contributed by atoms with Gasteiger partial charge in [-0.3, -0.25) is 9.48 Å². The third-order valence-corrected chi connectivity index (χ3v) is 14.0. The molecule has 3 fully saturated rings. The Morgan fingerprint density at radius 3 is 2.41 bits per heavy atom. The van der Waals surface area contributed by atoms with Gasteiger partial charge in [-0.2, -0.15) is 22.6 Å². The van der Waals surface area contributed by atoms with Gasteiger partial charge in [0, 0.05) is 98.7 Å². The molecule has 1 atom stereocenters. The number of benzene rings is 2. The highest BCUT2D eigenvalue weighted by atomic mass is 32.2. The topological polar surface area (TPSA) is 82.0 Å². The Labute approximate surface area is 322 Å². The van der Waals surface area contributed by atoms with Gasteiger partial charge in [-0.25, -0.2) is 8.42 Å². The molecule has 0 saturated carbocycles. The van der Waals surface area contributed by atoms with Crippen molar-refractivity contribution in [3.8, 4) is 11.3 Å². The van der Waals surface area contributed by atoms with E-state index in [9.17, 15) is 26.4 Å². The number of hydrogen-bond donors (Lipinski definition) is 0. The molecule has 0 aliphatic carbocycles. The summed E-state index contributed by atoms with van der Waals surface area (Å²) in [4.78, 5) is 19.3. The number of alkyl halides is 3. The zero-order valence-corrected chi connectivity index (χ0v) is 32.9. The maximum atomic E-state index is 14.4. The van der Waals surface area contributed by atoms with Gasteiger partial charge in [-0.15, -0.1) is 11.8 Å². The highest BCUT2D eigenvalue weighted by Gasteiger charge is 2.36. The molecule has 1 amide bonds.